The van der Waals surface area contributed by atoms with Gasteiger partial charge in [-0.3, -0.25) is 4.79 Å². The van der Waals surface area contributed by atoms with Gasteiger partial charge in [-0.05, 0) is 55.9 Å². The van der Waals surface area contributed by atoms with Gasteiger partial charge in [0, 0.05) is 18.2 Å². The molecule has 1 fully saturated rings. The Labute approximate surface area is 107 Å². The molecule has 4 heteroatoms. The summed E-state index contributed by atoms with van der Waals surface area (Å²) in [5.74, 6) is 0.642. The Morgan fingerprint density at radius 2 is 1.83 bits per heavy atom. The lowest BCUT2D eigenvalue weighted by molar-refractivity contribution is 0.0943. The van der Waals surface area contributed by atoms with Crippen LogP contribution >= 0.6 is 0 Å². The van der Waals surface area contributed by atoms with Crippen LogP contribution in [0.1, 0.15) is 36.0 Å². The van der Waals surface area contributed by atoms with Crippen LogP contribution in [0.15, 0.2) is 24.3 Å². The number of amides is 1. The van der Waals surface area contributed by atoms with Crippen LogP contribution in [0.3, 0.4) is 0 Å². The Hall–Kier alpha value is -1.55. The van der Waals surface area contributed by atoms with Crippen molar-refractivity contribution in [2.24, 2.45) is 11.7 Å². The third kappa shape index (κ3) is 3.47. The van der Waals surface area contributed by atoms with E-state index in [0.29, 0.717) is 24.1 Å². The Balaban J connectivity index is 1.79. The lowest BCUT2D eigenvalue weighted by Gasteiger charge is -2.26. The first-order valence-corrected chi connectivity index (χ1v) is 6.48. The van der Waals surface area contributed by atoms with Crippen LogP contribution in [0, 0.1) is 5.92 Å². The standard InChI is InChI=1S/C14H20N2O2/c15-12-5-1-10(2-6-12)9-16-14(18)11-3-7-13(17)8-4-11/h3-4,7-8,10,12,17H,1-2,5-6,9,15H2,(H,16,18). The summed E-state index contributed by atoms with van der Waals surface area (Å²) < 4.78 is 0. The number of rotatable bonds is 3. The van der Waals surface area contributed by atoms with Crippen molar-refractivity contribution in [3.05, 3.63) is 29.8 Å². The molecule has 0 unspecified atom stereocenters. The maximum Gasteiger partial charge on any atom is 0.251 e. The number of nitrogens with one attached hydrogen (secondary N) is 1. The van der Waals surface area contributed by atoms with E-state index in [4.69, 9.17) is 10.8 Å². The molecular formula is C14H20N2O2. The van der Waals surface area contributed by atoms with Gasteiger partial charge in [-0.2, -0.15) is 0 Å². The van der Waals surface area contributed by atoms with E-state index in [0.717, 1.165) is 25.7 Å². The minimum absolute atomic E-state index is 0.0788. The van der Waals surface area contributed by atoms with E-state index in [2.05, 4.69) is 5.32 Å². The Bertz CT molecular complexity index is 395. The fourth-order valence-corrected chi connectivity index (χ4v) is 2.34. The van der Waals surface area contributed by atoms with Gasteiger partial charge in [0.25, 0.3) is 5.91 Å². The minimum atomic E-state index is -0.0788. The molecule has 0 aliphatic heterocycles. The number of phenols is 1. The van der Waals surface area contributed by atoms with Crippen LogP contribution < -0.4 is 11.1 Å². The highest BCUT2D eigenvalue weighted by Gasteiger charge is 2.19. The molecule has 4 nitrogen and oxygen atoms in total. The monoisotopic (exact) mass is 248 g/mol. The van der Waals surface area contributed by atoms with Gasteiger partial charge in [0.15, 0.2) is 0 Å². The summed E-state index contributed by atoms with van der Waals surface area (Å²) in [6, 6.07) is 6.64. The third-order valence-corrected chi connectivity index (χ3v) is 3.57. The third-order valence-electron chi connectivity index (χ3n) is 3.57. The first-order chi connectivity index (χ1) is 8.65. The zero-order valence-electron chi connectivity index (χ0n) is 10.4. The normalized spacial score (nSPS) is 23.6. The molecule has 0 radical (unpaired) electrons. The smallest absolute Gasteiger partial charge is 0.251 e. The number of benzene rings is 1. The SMILES string of the molecule is NC1CCC(CNC(=O)c2ccc(O)cc2)CC1. The highest BCUT2D eigenvalue weighted by atomic mass is 16.3. The molecule has 0 aromatic heterocycles. The molecule has 4 N–H and O–H groups in total. The second kappa shape index (κ2) is 5.87. The predicted molar refractivity (Wildman–Crippen MR) is 70.4 cm³/mol. The Morgan fingerprint density at radius 1 is 1.22 bits per heavy atom. The van der Waals surface area contributed by atoms with Crippen LogP contribution in [0.25, 0.3) is 0 Å². The van der Waals surface area contributed by atoms with E-state index in [-0.39, 0.29) is 11.7 Å². The van der Waals surface area contributed by atoms with Crippen molar-refractivity contribution in [2.75, 3.05) is 6.54 Å². The average molecular weight is 248 g/mol. The average Bonchev–Trinajstić information content (AvgIpc) is 2.38. The topological polar surface area (TPSA) is 75.3 Å². The van der Waals surface area contributed by atoms with E-state index in [1.54, 1.807) is 12.1 Å². The summed E-state index contributed by atoms with van der Waals surface area (Å²) in [5.41, 5.74) is 6.43. The van der Waals surface area contributed by atoms with Gasteiger partial charge in [0.05, 0.1) is 0 Å². The molecule has 0 atom stereocenters. The Morgan fingerprint density at radius 3 is 2.44 bits per heavy atom. The molecule has 1 saturated carbocycles. The van der Waals surface area contributed by atoms with Crippen molar-refractivity contribution >= 4 is 5.91 Å². The summed E-state index contributed by atoms with van der Waals surface area (Å²) in [7, 11) is 0. The van der Waals surface area contributed by atoms with Crippen LogP contribution in [-0.4, -0.2) is 23.6 Å². The highest BCUT2D eigenvalue weighted by Crippen LogP contribution is 2.22. The van der Waals surface area contributed by atoms with E-state index >= 15 is 0 Å². The highest BCUT2D eigenvalue weighted by molar-refractivity contribution is 5.94. The van der Waals surface area contributed by atoms with Crippen LogP contribution in [0.4, 0.5) is 0 Å². The first kappa shape index (κ1) is 12.9. The van der Waals surface area contributed by atoms with E-state index in [9.17, 15) is 4.79 Å². The summed E-state index contributed by atoms with van der Waals surface area (Å²) in [4.78, 5) is 11.8. The fourth-order valence-electron chi connectivity index (χ4n) is 2.34. The zero-order chi connectivity index (χ0) is 13.0. The van der Waals surface area contributed by atoms with Crippen molar-refractivity contribution in [2.45, 2.75) is 31.7 Å². The zero-order valence-corrected chi connectivity index (χ0v) is 10.4. The fraction of sp³-hybridized carbons (Fsp3) is 0.500. The minimum Gasteiger partial charge on any atom is -0.508 e. The summed E-state index contributed by atoms with van der Waals surface area (Å²) in [6.45, 7) is 0.715. The van der Waals surface area contributed by atoms with Crippen molar-refractivity contribution in [3.63, 3.8) is 0 Å². The number of nitrogens with two attached hydrogens (primary N) is 1. The molecule has 0 saturated heterocycles. The molecule has 98 valence electrons. The number of carbonyl (C=O) groups is 1. The molecule has 0 spiro atoms. The molecule has 0 bridgehead atoms. The maximum absolute atomic E-state index is 11.8. The number of phenolic OH excluding ortho intramolecular Hbond substituents is 1. The van der Waals surface area contributed by atoms with Crippen LogP contribution in [0.5, 0.6) is 5.75 Å². The molecule has 1 amide bonds. The molecule has 1 aliphatic carbocycles. The van der Waals surface area contributed by atoms with Gasteiger partial charge >= 0.3 is 0 Å². The molecule has 1 aromatic carbocycles. The number of hydrogen-bond acceptors (Lipinski definition) is 3. The lowest BCUT2D eigenvalue weighted by atomic mass is 9.86. The summed E-state index contributed by atoms with van der Waals surface area (Å²) in [5, 5.41) is 12.1. The van der Waals surface area contributed by atoms with Crippen molar-refractivity contribution in [1.29, 1.82) is 0 Å². The van der Waals surface area contributed by atoms with Crippen molar-refractivity contribution in [1.82, 2.24) is 5.32 Å². The van der Waals surface area contributed by atoms with Gasteiger partial charge in [-0.1, -0.05) is 0 Å². The molecule has 1 aromatic rings. The number of hydrogen-bond donors (Lipinski definition) is 3. The second-order valence-electron chi connectivity index (χ2n) is 5.04. The van der Waals surface area contributed by atoms with E-state index < -0.39 is 0 Å². The molecule has 2 rings (SSSR count). The van der Waals surface area contributed by atoms with Crippen LogP contribution in [-0.2, 0) is 0 Å². The van der Waals surface area contributed by atoms with Crippen molar-refractivity contribution in [3.8, 4) is 5.75 Å². The number of carbonyl (C=O) groups excluding carboxylic acids is 1. The van der Waals surface area contributed by atoms with Gasteiger partial charge in [0.1, 0.15) is 5.75 Å². The maximum atomic E-state index is 11.8. The quantitative estimate of drug-likeness (QED) is 0.761. The summed E-state index contributed by atoms with van der Waals surface area (Å²) in [6.07, 6.45) is 4.30. The predicted octanol–water partition coefficient (Wildman–Crippen LogP) is 1.64. The first-order valence-electron chi connectivity index (χ1n) is 6.48. The van der Waals surface area contributed by atoms with Gasteiger partial charge in [-0.25, -0.2) is 0 Å². The molecular weight excluding hydrogens is 228 g/mol. The molecule has 1 aliphatic rings. The lowest BCUT2D eigenvalue weighted by Crippen LogP contribution is -2.34. The second-order valence-corrected chi connectivity index (χ2v) is 5.04. The van der Waals surface area contributed by atoms with Crippen molar-refractivity contribution < 1.29 is 9.90 Å². The van der Waals surface area contributed by atoms with Gasteiger partial charge in [0.2, 0.25) is 0 Å². The molecule has 18 heavy (non-hydrogen) atoms. The Kier molecular flexibility index (Phi) is 4.20. The van der Waals surface area contributed by atoms with Gasteiger partial charge < -0.3 is 16.2 Å². The van der Waals surface area contributed by atoms with E-state index in [1.165, 1.54) is 12.1 Å². The molecule has 0 heterocycles. The summed E-state index contributed by atoms with van der Waals surface area (Å²) >= 11 is 0. The van der Waals surface area contributed by atoms with E-state index in [1.807, 2.05) is 0 Å². The van der Waals surface area contributed by atoms with Crippen LogP contribution in [0.2, 0.25) is 0 Å². The number of aromatic hydroxyl groups is 1. The largest absolute Gasteiger partial charge is 0.508 e. The van der Waals surface area contributed by atoms with Gasteiger partial charge in [-0.15, -0.1) is 0 Å².